The minimum Gasteiger partial charge on any atom is -0.347 e. The van der Waals surface area contributed by atoms with E-state index in [9.17, 15) is 9.59 Å². The second kappa shape index (κ2) is 10.1. The molecule has 0 radical (unpaired) electrons. The minimum atomic E-state index is 0. The molecule has 1 aliphatic carbocycles. The molecule has 2 unspecified atom stereocenters. The summed E-state index contributed by atoms with van der Waals surface area (Å²) < 4.78 is 0. The molecule has 2 atom stereocenters. The Kier molecular flexibility index (Phi) is 8.92. The summed E-state index contributed by atoms with van der Waals surface area (Å²) in [6.45, 7) is 3.59. The van der Waals surface area contributed by atoms with Crippen LogP contribution in [0.3, 0.4) is 0 Å². The number of piperidine rings is 1. The highest BCUT2D eigenvalue weighted by atomic mass is 35.5. The van der Waals surface area contributed by atoms with Gasteiger partial charge in [-0.3, -0.25) is 9.59 Å². The number of likely N-dealkylation sites (tertiary alicyclic amines) is 1. The summed E-state index contributed by atoms with van der Waals surface area (Å²) in [5.41, 5.74) is 5.79. The predicted molar refractivity (Wildman–Crippen MR) is 94.4 cm³/mol. The number of nitrogens with two attached hydrogens (primary N) is 1. The molecule has 0 bridgehead atoms. The van der Waals surface area contributed by atoms with E-state index < -0.39 is 0 Å². The fourth-order valence-corrected chi connectivity index (χ4v) is 3.80. The van der Waals surface area contributed by atoms with E-state index in [-0.39, 0.29) is 36.8 Å². The van der Waals surface area contributed by atoms with Gasteiger partial charge in [0.15, 0.2) is 0 Å². The molecule has 23 heavy (non-hydrogen) atoms. The van der Waals surface area contributed by atoms with Crippen molar-refractivity contribution in [2.75, 3.05) is 19.6 Å². The van der Waals surface area contributed by atoms with Gasteiger partial charge in [-0.25, -0.2) is 0 Å². The smallest absolute Gasteiger partial charge is 0.242 e. The van der Waals surface area contributed by atoms with Crippen LogP contribution in [0.5, 0.6) is 0 Å². The first kappa shape index (κ1) is 20.2. The molecule has 0 spiro atoms. The molecule has 1 saturated carbocycles. The zero-order valence-electron chi connectivity index (χ0n) is 14.3. The van der Waals surface area contributed by atoms with E-state index in [1.54, 1.807) is 0 Å². The van der Waals surface area contributed by atoms with Gasteiger partial charge in [-0.15, -0.1) is 12.4 Å². The van der Waals surface area contributed by atoms with Crippen LogP contribution in [0.2, 0.25) is 0 Å². The van der Waals surface area contributed by atoms with Crippen LogP contribution < -0.4 is 11.1 Å². The zero-order valence-corrected chi connectivity index (χ0v) is 15.1. The molecule has 2 rings (SSSR count). The largest absolute Gasteiger partial charge is 0.347 e. The summed E-state index contributed by atoms with van der Waals surface area (Å²) in [6.07, 6.45) is 8.64. The lowest BCUT2D eigenvalue weighted by Gasteiger charge is -2.38. The van der Waals surface area contributed by atoms with Gasteiger partial charge in [0.1, 0.15) is 0 Å². The summed E-state index contributed by atoms with van der Waals surface area (Å²) in [4.78, 5) is 26.0. The van der Waals surface area contributed by atoms with Crippen molar-refractivity contribution in [2.45, 2.75) is 64.3 Å². The van der Waals surface area contributed by atoms with Gasteiger partial charge in [0.2, 0.25) is 11.8 Å². The van der Waals surface area contributed by atoms with E-state index >= 15 is 0 Å². The van der Waals surface area contributed by atoms with Crippen LogP contribution in [-0.4, -0.2) is 42.4 Å². The highest BCUT2D eigenvalue weighted by Gasteiger charge is 2.28. The Labute approximate surface area is 146 Å². The highest BCUT2D eigenvalue weighted by Crippen LogP contribution is 2.28. The first-order chi connectivity index (χ1) is 10.6. The fourth-order valence-electron chi connectivity index (χ4n) is 3.80. The van der Waals surface area contributed by atoms with E-state index in [0.717, 1.165) is 25.8 Å². The maximum atomic E-state index is 12.3. The number of nitrogens with one attached hydrogen (secondary N) is 1. The lowest BCUT2D eigenvalue weighted by molar-refractivity contribution is -0.136. The van der Waals surface area contributed by atoms with Gasteiger partial charge in [-0.2, -0.15) is 0 Å². The number of rotatable bonds is 6. The fraction of sp³-hybridized carbons (Fsp3) is 0.882. The molecular formula is C17H32ClN3O2. The van der Waals surface area contributed by atoms with Gasteiger partial charge >= 0.3 is 0 Å². The number of hydrogen-bond donors (Lipinski definition) is 2. The van der Waals surface area contributed by atoms with Crippen LogP contribution in [0.15, 0.2) is 0 Å². The highest BCUT2D eigenvalue weighted by molar-refractivity contribution is 5.85. The Hall–Kier alpha value is -0.810. The molecule has 1 saturated heterocycles. The molecule has 134 valence electrons. The number of carbonyl (C=O) groups is 2. The van der Waals surface area contributed by atoms with Gasteiger partial charge in [-0.1, -0.05) is 32.6 Å². The van der Waals surface area contributed by atoms with Crippen molar-refractivity contribution >= 4 is 24.2 Å². The first-order valence-corrected chi connectivity index (χ1v) is 8.86. The molecule has 1 heterocycles. The van der Waals surface area contributed by atoms with E-state index in [4.69, 9.17) is 5.73 Å². The van der Waals surface area contributed by atoms with Crippen molar-refractivity contribution in [1.82, 2.24) is 10.2 Å². The standard InChI is InChI=1S/C17H31N3O2.ClH/c1-13-8-9-20(15(10-13)11-18)17(22)12-19-16(21)7-6-14-4-2-3-5-14;/h13-15H,2-12,18H2,1H3,(H,19,21);1H. The Morgan fingerprint density at radius 2 is 1.91 bits per heavy atom. The maximum Gasteiger partial charge on any atom is 0.242 e. The van der Waals surface area contributed by atoms with Crippen molar-refractivity contribution in [3.05, 3.63) is 0 Å². The first-order valence-electron chi connectivity index (χ1n) is 8.86. The van der Waals surface area contributed by atoms with Gasteiger partial charge < -0.3 is 16.0 Å². The Balaban J connectivity index is 0.00000264. The normalized spacial score (nSPS) is 25.0. The molecule has 2 aliphatic rings. The zero-order chi connectivity index (χ0) is 15.9. The van der Waals surface area contributed by atoms with Crippen LogP contribution in [0.1, 0.15) is 58.3 Å². The second-order valence-electron chi connectivity index (χ2n) is 7.07. The number of nitrogens with zero attached hydrogens (tertiary/aromatic N) is 1. The van der Waals surface area contributed by atoms with Gasteiger partial charge in [-0.05, 0) is 31.1 Å². The molecule has 1 aliphatic heterocycles. The molecule has 0 aromatic heterocycles. The lowest BCUT2D eigenvalue weighted by atomic mass is 9.92. The van der Waals surface area contributed by atoms with Crippen LogP contribution in [0.4, 0.5) is 0 Å². The number of amides is 2. The molecule has 5 nitrogen and oxygen atoms in total. The maximum absolute atomic E-state index is 12.3. The second-order valence-corrected chi connectivity index (χ2v) is 7.07. The molecule has 2 fully saturated rings. The van der Waals surface area contributed by atoms with Crippen molar-refractivity contribution in [3.8, 4) is 0 Å². The number of halogens is 1. The van der Waals surface area contributed by atoms with Crippen molar-refractivity contribution < 1.29 is 9.59 Å². The summed E-state index contributed by atoms with van der Waals surface area (Å²) in [6, 6.07) is 0.131. The van der Waals surface area contributed by atoms with E-state index in [1.165, 1.54) is 25.7 Å². The average molecular weight is 346 g/mol. The van der Waals surface area contributed by atoms with E-state index in [0.29, 0.717) is 24.8 Å². The molecule has 2 amide bonds. The van der Waals surface area contributed by atoms with E-state index in [2.05, 4.69) is 12.2 Å². The van der Waals surface area contributed by atoms with Crippen molar-refractivity contribution in [1.29, 1.82) is 0 Å². The summed E-state index contributed by atoms with van der Waals surface area (Å²) in [7, 11) is 0. The number of carbonyl (C=O) groups excluding carboxylic acids is 2. The lowest BCUT2D eigenvalue weighted by Crippen LogP contribution is -2.52. The Morgan fingerprint density at radius 3 is 2.57 bits per heavy atom. The molecule has 0 aromatic rings. The third-order valence-electron chi connectivity index (χ3n) is 5.26. The van der Waals surface area contributed by atoms with Crippen LogP contribution >= 0.6 is 12.4 Å². The quantitative estimate of drug-likeness (QED) is 0.773. The average Bonchev–Trinajstić information content (AvgIpc) is 3.03. The minimum absolute atomic E-state index is 0. The summed E-state index contributed by atoms with van der Waals surface area (Å²) in [5.74, 6) is 1.36. The topological polar surface area (TPSA) is 75.4 Å². The van der Waals surface area contributed by atoms with Gasteiger partial charge in [0, 0.05) is 25.6 Å². The Morgan fingerprint density at radius 1 is 1.22 bits per heavy atom. The summed E-state index contributed by atoms with van der Waals surface area (Å²) in [5, 5.41) is 2.79. The van der Waals surface area contributed by atoms with Crippen LogP contribution in [0, 0.1) is 11.8 Å². The molecule has 0 aromatic carbocycles. The predicted octanol–water partition coefficient (Wildman–Crippen LogP) is 2.08. The third-order valence-corrected chi connectivity index (χ3v) is 5.26. The monoisotopic (exact) mass is 345 g/mol. The van der Waals surface area contributed by atoms with Gasteiger partial charge in [0.25, 0.3) is 0 Å². The summed E-state index contributed by atoms with van der Waals surface area (Å²) >= 11 is 0. The number of hydrogen-bond acceptors (Lipinski definition) is 3. The SMILES string of the molecule is CC1CCN(C(=O)CNC(=O)CCC2CCCC2)C(CN)C1.Cl. The third kappa shape index (κ3) is 6.30. The Bertz CT molecular complexity index is 386. The van der Waals surface area contributed by atoms with E-state index in [1.807, 2.05) is 4.90 Å². The molecule has 6 heteroatoms. The van der Waals surface area contributed by atoms with Crippen molar-refractivity contribution in [2.24, 2.45) is 17.6 Å². The molecule has 3 N–H and O–H groups in total. The van der Waals surface area contributed by atoms with Crippen LogP contribution in [-0.2, 0) is 9.59 Å². The van der Waals surface area contributed by atoms with Crippen molar-refractivity contribution in [3.63, 3.8) is 0 Å². The van der Waals surface area contributed by atoms with Gasteiger partial charge in [0.05, 0.1) is 6.54 Å². The van der Waals surface area contributed by atoms with Crippen LogP contribution in [0.25, 0.3) is 0 Å². The molecular weight excluding hydrogens is 314 g/mol.